The van der Waals surface area contributed by atoms with Gasteiger partial charge in [0.1, 0.15) is 0 Å². The van der Waals surface area contributed by atoms with Crippen molar-refractivity contribution >= 4 is 33.2 Å². The molecule has 0 saturated heterocycles. The topological polar surface area (TPSA) is 76.1 Å². The monoisotopic (exact) mass is 372 g/mol. The predicted molar refractivity (Wildman–Crippen MR) is 100.0 cm³/mol. The molecular weight excluding hydrogens is 356 g/mol. The first kappa shape index (κ1) is 17.4. The van der Waals surface area contributed by atoms with Crippen LogP contribution in [-0.2, 0) is 15.6 Å². The first-order valence-electron chi connectivity index (χ1n) is 7.44. The largest absolute Gasteiger partial charge is 0.291 e. The molecule has 0 bridgehead atoms. The normalized spacial score (nSPS) is 12.0. The second-order valence-electron chi connectivity index (χ2n) is 5.30. The lowest BCUT2D eigenvalue weighted by molar-refractivity contribution is -0.116. The van der Waals surface area contributed by atoms with Crippen LogP contribution in [0.1, 0.15) is 6.92 Å². The van der Waals surface area contributed by atoms with Gasteiger partial charge in [0.2, 0.25) is 11.1 Å². The zero-order valence-corrected chi connectivity index (χ0v) is 15.6. The number of hydrogen-bond acceptors (Lipinski definition) is 6. The Morgan fingerprint density at radius 1 is 1.16 bits per heavy atom. The van der Waals surface area contributed by atoms with Crippen molar-refractivity contribution in [2.24, 2.45) is 0 Å². The number of aromatic nitrogens is 3. The number of benzene rings is 1. The minimum absolute atomic E-state index is 0.0991. The maximum Gasteiger partial charge on any atom is 0.225 e. The summed E-state index contributed by atoms with van der Waals surface area (Å²) in [5, 5.41) is 0.852. The molecule has 0 aliphatic rings. The van der Waals surface area contributed by atoms with Crippen LogP contribution in [0.15, 0.2) is 47.8 Å². The third-order valence-electron chi connectivity index (χ3n) is 3.55. The molecule has 0 aliphatic carbocycles. The zero-order chi connectivity index (χ0) is 18.0. The summed E-state index contributed by atoms with van der Waals surface area (Å²) in [4.78, 5) is 27.1. The van der Waals surface area contributed by atoms with E-state index in [1.54, 1.807) is 25.6 Å². The molecule has 3 aromatic rings. The van der Waals surface area contributed by atoms with Crippen molar-refractivity contribution in [2.45, 2.75) is 12.1 Å². The number of nitrogens with zero attached hydrogens (tertiary/aromatic N) is 4. The van der Waals surface area contributed by atoms with Crippen LogP contribution >= 0.6 is 11.3 Å². The Kier molecular flexibility index (Phi) is 5.00. The Morgan fingerprint density at radius 3 is 2.52 bits per heavy atom. The van der Waals surface area contributed by atoms with E-state index in [0.29, 0.717) is 10.8 Å². The van der Waals surface area contributed by atoms with Crippen LogP contribution in [0, 0.1) is 0 Å². The molecule has 1 aromatic carbocycles. The number of thiazole rings is 1. The quantitative estimate of drug-likeness (QED) is 0.658. The Balaban J connectivity index is 2.19. The fraction of sp³-hybridized carbons (Fsp3) is 0.176. The van der Waals surface area contributed by atoms with Crippen molar-refractivity contribution in [2.75, 3.05) is 18.2 Å². The summed E-state index contributed by atoms with van der Waals surface area (Å²) in [7, 11) is 0.411. The number of amides is 1. The summed E-state index contributed by atoms with van der Waals surface area (Å²) in [6.45, 7) is 1.49. The van der Waals surface area contributed by atoms with Gasteiger partial charge in [-0.15, -0.1) is 0 Å². The third kappa shape index (κ3) is 3.64. The number of hydrogen-bond donors (Lipinski definition) is 0. The highest BCUT2D eigenvalue weighted by atomic mass is 32.2. The van der Waals surface area contributed by atoms with Crippen LogP contribution in [0.4, 0.5) is 5.13 Å². The Morgan fingerprint density at radius 2 is 1.88 bits per heavy atom. The van der Waals surface area contributed by atoms with E-state index in [-0.39, 0.29) is 11.1 Å². The van der Waals surface area contributed by atoms with Crippen LogP contribution in [0.5, 0.6) is 0 Å². The van der Waals surface area contributed by atoms with Crippen molar-refractivity contribution in [3.63, 3.8) is 0 Å². The average molecular weight is 372 g/mol. The standard InChI is InChI=1S/C17H16N4O2S2/c1-11(22)21(2)17-20-14(12-7-5-4-6-8-12)15(24-17)13-9-10-18-16(19-13)25(3)23/h4-10H,1-3H3. The molecule has 0 radical (unpaired) electrons. The molecule has 6 nitrogen and oxygen atoms in total. The highest BCUT2D eigenvalue weighted by Gasteiger charge is 2.20. The molecule has 8 heteroatoms. The number of carbonyl (C=O) groups excluding carboxylic acids is 1. The average Bonchev–Trinajstić information content (AvgIpc) is 3.07. The lowest BCUT2D eigenvalue weighted by Gasteiger charge is -2.09. The molecule has 0 fully saturated rings. The lowest BCUT2D eigenvalue weighted by atomic mass is 10.1. The second-order valence-corrected chi connectivity index (χ2v) is 7.55. The summed E-state index contributed by atoms with van der Waals surface area (Å²) in [5.74, 6) is -0.0991. The molecule has 1 unspecified atom stereocenters. The molecule has 3 rings (SSSR count). The van der Waals surface area contributed by atoms with Crippen LogP contribution < -0.4 is 4.90 Å². The van der Waals surface area contributed by atoms with E-state index in [1.807, 2.05) is 30.3 Å². The second kappa shape index (κ2) is 7.20. The van der Waals surface area contributed by atoms with Crippen LogP contribution in [-0.4, -0.2) is 38.4 Å². The Bertz CT molecular complexity index is 941. The van der Waals surface area contributed by atoms with Gasteiger partial charge in [-0.05, 0) is 6.07 Å². The maximum absolute atomic E-state index is 11.7. The highest BCUT2D eigenvalue weighted by molar-refractivity contribution is 7.84. The van der Waals surface area contributed by atoms with Gasteiger partial charge in [0.05, 0.1) is 27.1 Å². The van der Waals surface area contributed by atoms with E-state index < -0.39 is 10.8 Å². The minimum Gasteiger partial charge on any atom is -0.291 e. The molecular formula is C17H16N4O2S2. The van der Waals surface area contributed by atoms with E-state index in [1.165, 1.54) is 23.2 Å². The number of anilines is 1. The van der Waals surface area contributed by atoms with Crippen LogP contribution in [0.3, 0.4) is 0 Å². The fourth-order valence-corrected chi connectivity index (χ4v) is 3.66. The molecule has 1 atom stereocenters. The smallest absolute Gasteiger partial charge is 0.225 e. The van der Waals surface area contributed by atoms with Gasteiger partial charge in [0, 0.05) is 32.0 Å². The molecule has 0 spiro atoms. The summed E-state index contributed by atoms with van der Waals surface area (Å²) >= 11 is 1.37. The van der Waals surface area contributed by atoms with Gasteiger partial charge in [0.15, 0.2) is 5.13 Å². The first-order valence-corrected chi connectivity index (χ1v) is 9.82. The highest BCUT2D eigenvalue weighted by Crippen LogP contribution is 2.39. The van der Waals surface area contributed by atoms with Crippen molar-refractivity contribution in [1.29, 1.82) is 0 Å². The molecule has 25 heavy (non-hydrogen) atoms. The first-order chi connectivity index (χ1) is 12.0. The van der Waals surface area contributed by atoms with Crippen molar-refractivity contribution < 1.29 is 9.00 Å². The van der Waals surface area contributed by atoms with E-state index >= 15 is 0 Å². The molecule has 0 N–H and O–H groups in total. The Hall–Kier alpha value is -2.45. The lowest BCUT2D eigenvalue weighted by Crippen LogP contribution is -2.22. The van der Waals surface area contributed by atoms with Crippen LogP contribution in [0.2, 0.25) is 0 Å². The van der Waals surface area contributed by atoms with Gasteiger partial charge in [-0.2, -0.15) is 0 Å². The van der Waals surface area contributed by atoms with E-state index in [0.717, 1.165) is 16.1 Å². The predicted octanol–water partition coefficient (Wildman–Crippen LogP) is 2.99. The van der Waals surface area contributed by atoms with Gasteiger partial charge in [-0.25, -0.2) is 15.0 Å². The number of rotatable bonds is 4. The van der Waals surface area contributed by atoms with E-state index in [9.17, 15) is 9.00 Å². The van der Waals surface area contributed by atoms with Crippen LogP contribution in [0.25, 0.3) is 21.8 Å². The van der Waals surface area contributed by atoms with Gasteiger partial charge < -0.3 is 0 Å². The van der Waals surface area contributed by atoms with Crippen molar-refractivity contribution in [1.82, 2.24) is 15.0 Å². The summed E-state index contributed by atoms with van der Waals surface area (Å²) in [6, 6.07) is 11.5. The molecule has 128 valence electrons. The van der Waals surface area contributed by atoms with Gasteiger partial charge in [-0.3, -0.25) is 13.9 Å². The number of carbonyl (C=O) groups is 1. The van der Waals surface area contributed by atoms with Gasteiger partial charge >= 0.3 is 0 Å². The van der Waals surface area contributed by atoms with Crippen molar-refractivity contribution in [3.8, 4) is 21.8 Å². The summed E-state index contributed by atoms with van der Waals surface area (Å²) < 4.78 is 11.7. The molecule has 1 amide bonds. The van der Waals surface area contributed by atoms with E-state index in [4.69, 9.17) is 0 Å². The third-order valence-corrected chi connectivity index (χ3v) is 5.41. The summed E-state index contributed by atoms with van der Waals surface area (Å²) in [6.07, 6.45) is 3.13. The zero-order valence-electron chi connectivity index (χ0n) is 14.0. The molecule has 2 aromatic heterocycles. The van der Waals surface area contributed by atoms with Crippen molar-refractivity contribution in [3.05, 3.63) is 42.6 Å². The maximum atomic E-state index is 11.7. The Labute approximate surface area is 152 Å². The molecule has 0 saturated carbocycles. The fourth-order valence-electron chi connectivity index (χ4n) is 2.16. The van der Waals surface area contributed by atoms with Gasteiger partial charge in [0.25, 0.3) is 0 Å². The SMILES string of the molecule is CC(=O)N(C)c1nc(-c2ccccc2)c(-c2ccnc(S(C)=O)n2)s1. The molecule has 0 aliphatic heterocycles. The van der Waals surface area contributed by atoms with E-state index in [2.05, 4.69) is 15.0 Å². The summed E-state index contributed by atoms with van der Waals surface area (Å²) in [5.41, 5.74) is 2.30. The molecule has 2 heterocycles. The van der Waals surface area contributed by atoms with Gasteiger partial charge in [-0.1, -0.05) is 41.7 Å². The minimum atomic E-state index is -1.28.